The van der Waals surface area contributed by atoms with Crippen LogP contribution in [0.15, 0.2) is 54.6 Å². The Morgan fingerprint density at radius 1 is 1.17 bits per heavy atom. The highest BCUT2D eigenvalue weighted by molar-refractivity contribution is 6.30. The van der Waals surface area contributed by atoms with Gasteiger partial charge in [-0.25, -0.2) is 4.79 Å². The quantitative estimate of drug-likeness (QED) is 0.639. The summed E-state index contributed by atoms with van der Waals surface area (Å²) in [6.45, 7) is 0.492. The number of anilines is 1. The zero-order valence-electron chi connectivity index (χ0n) is 12.9. The Kier molecular flexibility index (Phi) is 6.66. The first-order valence-electron chi connectivity index (χ1n) is 7.34. The molecule has 0 aliphatic carbocycles. The summed E-state index contributed by atoms with van der Waals surface area (Å²) in [6, 6.07) is 14.1. The normalized spacial score (nSPS) is 12.1. The minimum Gasteiger partial charge on any atom is -0.491 e. The summed E-state index contributed by atoms with van der Waals surface area (Å²) < 4.78 is 5.47. The van der Waals surface area contributed by atoms with Crippen molar-refractivity contribution in [2.24, 2.45) is 0 Å². The van der Waals surface area contributed by atoms with Crippen LogP contribution in [0.4, 0.5) is 5.69 Å². The molecule has 0 amide bonds. The number of aliphatic hydroxyl groups is 1. The van der Waals surface area contributed by atoms with Crippen LogP contribution >= 0.6 is 11.6 Å². The van der Waals surface area contributed by atoms with Crippen LogP contribution in [-0.4, -0.2) is 35.4 Å². The van der Waals surface area contributed by atoms with Gasteiger partial charge in [-0.3, -0.25) is 0 Å². The Bertz CT molecular complexity index is 683. The molecule has 6 heteroatoms. The van der Waals surface area contributed by atoms with Gasteiger partial charge in [0.15, 0.2) is 0 Å². The van der Waals surface area contributed by atoms with Gasteiger partial charge in [-0.15, -0.1) is 0 Å². The Labute approximate surface area is 145 Å². The number of carboxylic acids is 1. The molecule has 0 saturated carbocycles. The molecule has 1 atom stereocenters. The zero-order valence-corrected chi connectivity index (χ0v) is 13.6. The fraction of sp³-hybridized carbons (Fsp3) is 0.167. The third-order valence-electron chi connectivity index (χ3n) is 3.13. The monoisotopic (exact) mass is 347 g/mol. The Balaban J connectivity index is 1.75. The number of ether oxygens (including phenoxy) is 1. The van der Waals surface area contributed by atoms with E-state index in [1.807, 2.05) is 12.1 Å². The van der Waals surface area contributed by atoms with Crippen molar-refractivity contribution in [3.8, 4) is 5.75 Å². The highest BCUT2D eigenvalue weighted by Gasteiger charge is 2.05. The Morgan fingerprint density at radius 2 is 1.83 bits per heavy atom. The van der Waals surface area contributed by atoms with Crippen LogP contribution in [-0.2, 0) is 4.79 Å². The lowest BCUT2D eigenvalue weighted by molar-refractivity contribution is -0.131. The van der Waals surface area contributed by atoms with Crippen molar-refractivity contribution in [1.29, 1.82) is 0 Å². The number of aliphatic carboxylic acids is 1. The van der Waals surface area contributed by atoms with Gasteiger partial charge in [-0.05, 0) is 48.0 Å². The number of hydrogen-bond acceptors (Lipinski definition) is 4. The van der Waals surface area contributed by atoms with Crippen LogP contribution in [0.3, 0.4) is 0 Å². The molecule has 24 heavy (non-hydrogen) atoms. The third kappa shape index (κ3) is 6.32. The number of nitrogens with one attached hydrogen (secondary N) is 1. The summed E-state index contributed by atoms with van der Waals surface area (Å²) in [5.41, 5.74) is 1.61. The van der Waals surface area contributed by atoms with E-state index < -0.39 is 12.1 Å². The summed E-state index contributed by atoms with van der Waals surface area (Å²) in [6.07, 6.45) is 1.92. The lowest BCUT2D eigenvalue weighted by Gasteiger charge is -2.14. The Hall–Kier alpha value is -2.50. The van der Waals surface area contributed by atoms with Crippen molar-refractivity contribution in [3.63, 3.8) is 0 Å². The van der Waals surface area contributed by atoms with Crippen molar-refractivity contribution in [2.45, 2.75) is 6.10 Å². The third-order valence-corrected chi connectivity index (χ3v) is 3.38. The van der Waals surface area contributed by atoms with Gasteiger partial charge in [0.1, 0.15) is 18.5 Å². The molecule has 2 rings (SSSR count). The topological polar surface area (TPSA) is 78.8 Å². The molecule has 2 aromatic carbocycles. The molecule has 2 aromatic rings. The first-order chi connectivity index (χ1) is 11.5. The highest BCUT2D eigenvalue weighted by atomic mass is 35.5. The predicted molar refractivity (Wildman–Crippen MR) is 94.6 cm³/mol. The number of benzene rings is 2. The first-order valence-corrected chi connectivity index (χ1v) is 7.72. The van der Waals surface area contributed by atoms with Gasteiger partial charge in [0.2, 0.25) is 0 Å². The zero-order chi connectivity index (χ0) is 17.4. The van der Waals surface area contributed by atoms with Crippen LogP contribution in [0.25, 0.3) is 6.08 Å². The van der Waals surface area contributed by atoms with Gasteiger partial charge < -0.3 is 20.3 Å². The number of aliphatic hydroxyl groups excluding tert-OH is 1. The minimum absolute atomic E-state index is 0.161. The van der Waals surface area contributed by atoms with Crippen LogP contribution in [0.2, 0.25) is 5.02 Å². The average molecular weight is 348 g/mol. The molecule has 1 unspecified atom stereocenters. The van der Waals surface area contributed by atoms with E-state index in [4.69, 9.17) is 21.4 Å². The van der Waals surface area contributed by atoms with Gasteiger partial charge in [-0.2, -0.15) is 0 Å². The summed E-state index contributed by atoms with van der Waals surface area (Å²) in [4.78, 5) is 10.5. The standard InChI is InChI=1S/C18H18ClNO4/c19-14-4-8-17(9-5-14)24-12-16(21)11-20-15-6-1-13(2-7-15)3-10-18(22)23/h1-10,16,20-21H,11-12H2,(H,22,23). The van der Waals surface area contributed by atoms with Crippen LogP contribution in [0.5, 0.6) is 5.75 Å². The molecule has 0 saturated heterocycles. The second kappa shape index (κ2) is 8.96. The molecule has 0 heterocycles. The van der Waals surface area contributed by atoms with Crippen molar-refractivity contribution >= 4 is 29.3 Å². The van der Waals surface area contributed by atoms with E-state index in [1.165, 1.54) is 6.08 Å². The smallest absolute Gasteiger partial charge is 0.328 e. The van der Waals surface area contributed by atoms with Gasteiger partial charge in [0, 0.05) is 23.3 Å². The summed E-state index contributed by atoms with van der Waals surface area (Å²) >= 11 is 5.79. The molecule has 0 bridgehead atoms. The molecule has 0 aromatic heterocycles. The predicted octanol–water partition coefficient (Wildman–Crippen LogP) is 3.29. The second-order valence-corrected chi connectivity index (χ2v) is 5.53. The molecular weight excluding hydrogens is 330 g/mol. The molecule has 0 aliphatic rings. The van der Waals surface area contributed by atoms with Crippen molar-refractivity contribution < 1.29 is 19.7 Å². The maximum atomic E-state index is 10.5. The molecule has 0 aliphatic heterocycles. The van der Waals surface area contributed by atoms with Crippen LogP contribution in [0, 0.1) is 0 Å². The van der Waals surface area contributed by atoms with E-state index in [-0.39, 0.29) is 6.61 Å². The van der Waals surface area contributed by atoms with Crippen LogP contribution < -0.4 is 10.1 Å². The van der Waals surface area contributed by atoms with Crippen molar-refractivity contribution in [1.82, 2.24) is 0 Å². The van der Waals surface area contributed by atoms with E-state index in [9.17, 15) is 9.90 Å². The fourth-order valence-corrected chi connectivity index (χ4v) is 2.02. The first kappa shape index (κ1) is 17.8. The minimum atomic E-state index is -0.985. The summed E-state index contributed by atoms with van der Waals surface area (Å²) in [5.74, 6) is -0.339. The van der Waals surface area contributed by atoms with E-state index in [1.54, 1.807) is 36.4 Å². The maximum Gasteiger partial charge on any atom is 0.328 e. The molecule has 3 N–H and O–H groups in total. The number of halogens is 1. The van der Waals surface area contributed by atoms with E-state index >= 15 is 0 Å². The summed E-state index contributed by atoms with van der Waals surface area (Å²) in [5, 5.41) is 22.2. The largest absolute Gasteiger partial charge is 0.491 e. The summed E-state index contributed by atoms with van der Waals surface area (Å²) in [7, 11) is 0. The molecule has 126 valence electrons. The maximum absolute atomic E-state index is 10.5. The molecule has 0 fully saturated rings. The number of carboxylic acid groups (broad SMARTS) is 1. The fourth-order valence-electron chi connectivity index (χ4n) is 1.90. The molecule has 5 nitrogen and oxygen atoms in total. The van der Waals surface area contributed by atoms with Crippen LogP contribution in [0.1, 0.15) is 5.56 Å². The SMILES string of the molecule is O=C(O)C=Cc1ccc(NCC(O)COc2ccc(Cl)cc2)cc1. The molecular formula is C18H18ClNO4. The molecule has 0 radical (unpaired) electrons. The van der Waals surface area contributed by atoms with Gasteiger partial charge in [0.05, 0.1) is 0 Å². The van der Waals surface area contributed by atoms with E-state index in [0.29, 0.717) is 17.3 Å². The molecule has 0 spiro atoms. The lowest BCUT2D eigenvalue weighted by atomic mass is 10.2. The van der Waals surface area contributed by atoms with E-state index in [2.05, 4.69) is 5.32 Å². The van der Waals surface area contributed by atoms with E-state index in [0.717, 1.165) is 17.3 Å². The van der Waals surface area contributed by atoms with Gasteiger partial charge in [-0.1, -0.05) is 23.7 Å². The van der Waals surface area contributed by atoms with Crippen molar-refractivity contribution in [3.05, 3.63) is 65.2 Å². The number of hydrogen-bond donors (Lipinski definition) is 3. The number of rotatable bonds is 8. The second-order valence-electron chi connectivity index (χ2n) is 5.09. The average Bonchev–Trinajstić information content (AvgIpc) is 2.58. The Morgan fingerprint density at radius 3 is 2.46 bits per heavy atom. The number of carbonyl (C=O) groups is 1. The van der Waals surface area contributed by atoms with Gasteiger partial charge in [0.25, 0.3) is 0 Å². The lowest BCUT2D eigenvalue weighted by Crippen LogP contribution is -2.26. The van der Waals surface area contributed by atoms with Gasteiger partial charge >= 0.3 is 5.97 Å². The highest BCUT2D eigenvalue weighted by Crippen LogP contribution is 2.16. The van der Waals surface area contributed by atoms with Crippen molar-refractivity contribution in [2.75, 3.05) is 18.5 Å².